The van der Waals surface area contributed by atoms with Crippen LogP contribution < -0.4 is 10.2 Å². The number of hydroxylamine groups is 1. The molecule has 0 radical (unpaired) electrons. The molecular weight excluding hydrogens is 341 g/mol. The van der Waals surface area contributed by atoms with Crippen molar-refractivity contribution in [3.63, 3.8) is 0 Å². The molecule has 0 fully saturated rings. The summed E-state index contributed by atoms with van der Waals surface area (Å²) < 4.78 is 19.5. The van der Waals surface area contributed by atoms with E-state index < -0.39 is 18.0 Å². The number of hydrogen-bond acceptors (Lipinski definition) is 5. The van der Waals surface area contributed by atoms with Crippen molar-refractivity contribution in [1.82, 2.24) is 5.48 Å². The number of benzene rings is 2. The number of nitrogens with one attached hydrogen (secondary N) is 1. The second kappa shape index (κ2) is 7.03. The minimum absolute atomic E-state index is 0.00745. The lowest BCUT2D eigenvalue weighted by molar-refractivity contribution is -0.158. The highest BCUT2D eigenvalue weighted by Crippen LogP contribution is 2.40. The van der Waals surface area contributed by atoms with Gasteiger partial charge < -0.3 is 14.7 Å². The van der Waals surface area contributed by atoms with Gasteiger partial charge in [0.1, 0.15) is 17.3 Å². The topological polar surface area (TPSA) is 84.9 Å². The molecule has 0 saturated carbocycles. The van der Waals surface area contributed by atoms with Gasteiger partial charge in [0.2, 0.25) is 0 Å². The number of aromatic hydroxyl groups is 1. The van der Waals surface area contributed by atoms with Crippen molar-refractivity contribution in [2.45, 2.75) is 32.8 Å². The summed E-state index contributed by atoms with van der Waals surface area (Å²) in [7, 11) is 0. The molecule has 0 bridgehead atoms. The molecule has 0 aliphatic carbocycles. The molecular formula is C19H18FNO5. The molecule has 26 heavy (non-hydrogen) atoms. The van der Waals surface area contributed by atoms with Gasteiger partial charge in [-0.1, -0.05) is 18.2 Å². The Hall–Kier alpha value is -3.09. The Morgan fingerprint density at radius 1 is 1.35 bits per heavy atom. The molecule has 0 spiro atoms. The molecule has 1 aliphatic rings. The number of halogens is 1. The van der Waals surface area contributed by atoms with Crippen LogP contribution in [0.25, 0.3) is 0 Å². The number of phenols is 1. The summed E-state index contributed by atoms with van der Waals surface area (Å²) in [6.07, 6.45) is -0.392. The Balaban J connectivity index is 1.83. The highest BCUT2D eigenvalue weighted by Gasteiger charge is 2.32. The van der Waals surface area contributed by atoms with Crippen LogP contribution in [0.1, 0.15) is 29.2 Å². The van der Waals surface area contributed by atoms with Gasteiger partial charge in [-0.2, -0.15) is 5.48 Å². The number of hydrogen-bond donors (Lipinski definition) is 2. The Kier molecular flexibility index (Phi) is 4.79. The number of carbonyl (C=O) groups is 2. The van der Waals surface area contributed by atoms with Crippen molar-refractivity contribution in [2.24, 2.45) is 0 Å². The molecule has 136 valence electrons. The fraction of sp³-hybridized carbons (Fsp3) is 0.263. The third-order valence-electron chi connectivity index (χ3n) is 4.23. The Morgan fingerprint density at radius 3 is 2.77 bits per heavy atom. The molecule has 1 unspecified atom stereocenters. The van der Waals surface area contributed by atoms with E-state index in [1.54, 1.807) is 31.2 Å². The zero-order valence-corrected chi connectivity index (χ0v) is 14.3. The summed E-state index contributed by atoms with van der Waals surface area (Å²) in [4.78, 5) is 27.3. The predicted octanol–water partition coefficient (Wildman–Crippen LogP) is 2.33. The van der Waals surface area contributed by atoms with E-state index >= 15 is 0 Å². The van der Waals surface area contributed by atoms with Gasteiger partial charge in [0.05, 0.1) is 0 Å². The lowest BCUT2D eigenvalue weighted by Gasteiger charge is -2.13. The summed E-state index contributed by atoms with van der Waals surface area (Å²) >= 11 is 0. The first-order valence-corrected chi connectivity index (χ1v) is 8.08. The van der Waals surface area contributed by atoms with Gasteiger partial charge in [-0.05, 0) is 35.7 Å². The summed E-state index contributed by atoms with van der Waals surface area (Å²) in [6.45, 7) is 2.84. The second-order valence-electron chi connectivity index (χ2n) is 6.14. The summed E-state index contributed by atoms with van der Waals surface area (Å²) in [6, 6.07) is 8.07. The van der Waals surface area contributed by atoms with Crippen LogP contribution >= 0.6 is 0 Å². The van der Waals surface area contributed by atoms with Crippen LogP contribution in [0.5, 0.6) is 11.5 Å². The maximum absolute atomic E-state index is 13.9. The van der Waals surface area contributed by atoms with Gasteiger partial charge in [0, 0.05) is 25.3 Å². The number of amides is 1. The van der Waals surface area contributed by atoms with E-state index in [0.29, 0.717) is 22.4 Å². The monoisotopic (exact) mass is 359 g/mol. The van der Waals surface area contributed by atoms with E-state index in [9.17, 15) is 19.1 Å². The van der Waals surface area contributed by atoms with Crippen LogP contribution in [0.4, 0.5) is 4.39 Å². The molecule has 3 rings (SSSR count). The van der Waals surface area contributed by atoms with Gasteiger partial charge in [0.25, 0.3) is 5.91 Å². The van der Waals surface area contributed by atoms with E-state index in [1.807, 2.05) is 5.48 Å². The third-order valence-corrected chi connectivity index (χ3v) is 4.23. The maximum Gasteiger partial charge on any atom is 0.329 e. The first kappa shape index (κ1) is 17.7. The molecule has 0 aromatic heterocycles. The van der Waals surface area contributed by atoms with Crippen LogP contribution in [-0.4, -0.2) is 23.1 Å². The fourth-order valence-corrected chi connectivity index (χ4v) is 2.95. The SMILES string of the molecule is CC(=O)ONC(=O)C1Cc2cc(Cc3ccccc3F)c(O)c(C)c2O1. The average molecular weight is 359 g/mol. The number of carbonyl (C=O) groups excluding carboxylic acids is 2. The minimum Gasteiger partial charge on any atom is -0.507 e. The standard InChI is InChI=1S/C19H18FNO5/c1-10-17(23)13(7-12-5-3-4-6-15(12)20)8-14-9-16(25-18(10)14)19(24)21-26-11(2)22/h3-6,8,16,23H,7,9H2,1-2H3,(H,21,24). The van der Waals surface area contributed by atoms with Crippen molar-refractivity contribution in [1.29, 1.82) is 0 Å². The van der Waals surface area contributed by atoms with Gasteiger partial charge >= 0.3 is 5.97 Å². The van der Waals surface area contributed by atoms with Crippen molar-refractivity contribution >= 4 is 11.9 Å². The maximum atomic E-state index is 13.9. The first-order chi connectivity index (χ1) is 12.4. The van der Waals surface area contributed by atoms with E-state index in [2.05, 4.69) is 4.84 Å². The van der Waals surface area contributed by atoms with Gasteiger partial charge in [-0.3, -0.25) is 9.59 Å². The van der Waals surface area contributed by atoms with Crippen molar-refractivity contribution in [2.75, 3.05) is 0 Å². The molecule has 7 heteroatoms. The van der Waals surface area contributed by atoms with Gasteiger partial charge in [-0.15, -0.1) is 0 Å². The third kappa shape index (κ3) is 3.46. The summed E-state index contributed by atoms with van der Waals surface area (Å²) in [5.41, 5.74) is 4.26. The Bertz CT molecular complexity index is 880. The van der Waals surface area contributed by atoms with Gasteiger partial charge in [-0.25, -0.2) is 4.39 Å². The molecule has 0 saturated heterocycles. The fourth-order valence-electron chi connectivity index (χ4n) is 2.95. The van der Waals surface area contributed by atoms with Gasteiger partial charge in [0.15, 0.2) is 6.10 Å². The first-order valence-electron chi connectivity index (χ1n) is 8.08. The molecule has 2 aromatic carbocycles. The van der Waals surface area contributed by atoms with Crippen LogP contribution in [0.15, 0.2) is 30.3 Å². The Morgan fingerprint density at radius 2 is 2.08 bits per heavy atom. The zero-order chi connectivity index (χ0) is 18.8. The molecule has 1 atom stereocenters. The normalized spacial score (nSPS) is 15.1. The van der Waals surface area contributed by atoms with E-state index in [4.69, 9.17) is 4.74 Å². The Labute approximate surface area is 149 Å². The molecule has 1 amide bonds. The van der Waals surface area contributed by atoms with E-state index in [-0.39, 0.29) is 24.4 Å². The minimum atomic E-state index is -0.869. The molecule has 2 aromatic rings. The zero-order valence-electron chi connectivity index (χ0n) is 14.3. The van der Waals surface area contributed by atoms with Crippen LogP contribution in [0.2, 0.25) is 0 Å². The quantitative estimate of drug-likeness (QED) is 0.822. The summed E-state index contributed by atoms with van der Waals surface area (Å²) in [5, 5.41) is 10.4. The van der Waals surface area contributed by atoms with Crippen LogP contribution in [0, 0.1) is 12.7 Å². The van der Waals surface area contributed by atoms with Crippen molar-refractivity contribution in [3.05, 3.63) is 58.4 Å². The number of fused-ring (bicyclic) bond motifs is 1. The largest absolute Gasteiger partial charge is 0.507 e. The lowest BCUT2D eigenvalue weighted by Crippen LogP contribution is -2.38. The number of phenolic OH excluding ortho intramolecular Hbond substituents is 1. The second-order valence-corrected chi connectivity index (χ2v) is 6.14. The lowest BCUT2D eigenvalue weighted by atomic mass is 9.96. The molecule has 2 N–H and O–H groups in total. The molecule has 1 heterocycles. The van der Waals surface area contributed by atoms with E-state index in [1.165, 1.54) is 13.0 Å². The van der Waals surface area contributed by atoms with Crippen molar-refractivity contribution < 1.29 is 28.7 Å². The summed E-state index contributed by atoms with van der Waals surface area (Å²) in [5.74, 6) is -1.16. The predicted molar refractivity (Wildman–Crippen MR) is 90.1 cm³/mol. The average Bonchev–Trinajstić information content (AvgIpc) is 3.03. The van der Waals surface area contributed by atoms with Crippen LogP contribution in [-0.2, 0) is 27.3 Å². The smallest absolute Gasteiger partial charge is 0.329 e. The molecule has 1 aliphatic heterocycles. The van der Waals surface area contributed by atoms with Crippen molar-refractivity contribution in [3.8, 4) is 11.5 Å². The highest BCUT2D eigenvalue weighted by molar-refractivity contribution is 5.83. The van der Waals surface area contributed by atoms with E-state index in [0.717, 1.165) is 5.56 Å². The molecule has 6 nitrogen and oxygen atoms in total. The van der Waals surface area contributed by atoms with Crippen LogP contribution in [0.3, 0.4) is 0 Å². The highest BCUT2D eigenvalue weighted by atomic mass is 19.1. The number of rotatable bonds is 3. The number of ether oxygens (including phenoxy) is 1.